The highest BCUT2D eigenvalue weighted by atomic mass is 16.5. The topological polar surface area (TPSA) is 24.5 Å². The molecule has 3 heteroatoms. The molecule has 1 saturated heterocycles. The minimum atomic E-state index is 0.378. The van der Waals surface area contributed by atoms with Crippen molar-refractivity contribution in [3.8, 4) is 0 Å². The van der Waals surface area contributed by atoms with E-state index >= 15 is 0 Å². The number of hydrogen-bond donors (Lipinski definition) is 1. The molecule has 0 amide bonds. The standard InChI is InChI=1S/C17H32N2O/c1-4-15-11-18-16(2,14-5-6-14)12-19(15)13-17(7-8-17)9-10-20-3/h14-15,18H,4-13H2,1-3H3. The molecule has 3 aliphatic rings. The summed E-state index contributed by atoms with van der Waals surface area (Å²) in [4.78, 5) is 2.82. The van der Waals surface area contributed by atoms with Crippen LogP contribution in [0, 0.1) is 11.3 Å². The Balaban J connectivity index is 1.62. The summed E-state index contributed by atoms with van der Waals surface area (Å²) in [6.45, 7) is 9.47. The lowest BCUT2D eigenvalue weighted by atomic mass is 9.89. The summed E-state index contributed by atoms with van der Waals surface area (Å²) in [5.74, 6) is 0.928. The van der Waals surface area contributed by atoms with E-state index in [4.69, 9.17) is 4.74 Å². The van der Waals surface area contributed by atoms with E-state index in [-0.39, 0.29) is 0 Å². The lowest BCUT2D eigenvalue weighted by Gasteiger charge is -2.47. The summed E-state index contributed by atoms with van der Waals surface area (Å²) >= 11 is 0. The van der Waals surface area contributed by atoms with E-state index in [0.717, 1.165) is 18.6 Å². The van der Waals surface area contributed by atoms with Crippen LogP contribution in [0.25, 0.3) is 0 Å². The van der Waals surface area contributed by atoms with Crippen molar-refractivity contribution in [2.45, 2.75) is 64.0 Å². The van der Waals surface area contributed by atoms with E-state index in [1.807, 2.05) is 7.11 Å². The van der Waals surface area contributed by atoms with Gasteiger partial charge in [-0.1, -0.05) is 6.92 Å². The van der Waals surface area contributed by atoms with Gasteiger partial charge in [0.1, 0.15) is 0 Å². The molecule has 2 saturated carbocycles. The lowest BCUT2D eigenvalue weighted by molar-refractivity contribution is 0.0482. The van der Waals surface area contributed by atoms with Crippen molar-refractivity contribution in [2.75, 3.05) is 33.4 Å². The highest BCUT2D eigenvalue weighted by Crippen LogP contribution is 2.50. The molecule has 1 aliphatic heterocycles. The Bertz CT molecular complexity index is 338. The number of piperazine rings is 1. The highest BCUT2D eigenvalue weighted by molar-refractivity contribution is 5.06. The Morgan fingerprint density at radius 3 is 2.60 bits per heavy atom. The van der Waals surface area contributed by atoms with Crippen LogP contribution in [0.5, 0.6) is 0 Å². The number of nitrogens with zero attached hydrogens (tertiary/aromatic N) is 1. The molecule has 1 N–H and O–H groups in total. The van der Waals surface area contributed by atoms with E-state index in [1.165, 1.54) is 58.2 Å². The van der Waals surface area contributed by atoms with E-state index < -0.39 is 0 Å². The third-order valence-corrected chi connectivity index (χ3v) is 6.07. The van der Waals surface area contributed by atoms with Crippen molar-refractivity contribution in [3.63, 3.8) is 0 Å². The number of ether oxygens (including phenoxy) is 1. The Morgan fingerprint density at radius 2 is 2.05 bits per heavy atom. The average Bonchev–Trinajstić information content (AvgIpc) is 3.31. The molecule has 0 radical (unpaired) electrons. The van der Waals surface area contributed by atoms with E-state index in [2.05, 4.69) is 24.1 Å². The fourth-order valence-corrected chi connectivity index (χ4v) is 4.08. The average molecular weight is 280 g/mol. The fourth-order valence-electron chi connectivity index (χ4n) is 4.08. The van der Waals surface area contributed by atoms with E-state index in [1.54, 1.807) is 0 Å². The van der Waals surface area contributed by atoms with Crippen LogP contribution in [0.15, 0.2) is 0 Å². The number of hydrogen-bond acceptors (Lipinski definition) is 3. The minimum Gasteiger partial charge on any atom is -0.385 e. The first-order valence-electron chi connectivity index (χ1n) is 8.59. The molecular formula is C17H32N2O. The molecule has 3 fully saturated rings. The van der Waals surface area contributed by atoms with Gasteiger partial charge in [-0.25, -0.2) is 0 Å². The van der Waals surface area contributed by atoms with Gasteiger partial charge in [-0.15, -0.1) is 0 Å². The van der Waals surface area contributed by atoms with Gasteiger partial charge in [-0.2, -0.15) is 0 Å². The molecule has 3 rings (SSSR count). The highest BCUT2D eigenvalue weighted by Gasteiger charge is 2.49. The van der Waals surface area contributed by atoms with Crippen molar-refractivity contribution in [2.24, 2.45) is 11.3 Å². The molecule has 20 heavy (non-hydrogen) atoms. The van der Waals surface area contributed by atoms with Crippen LogP contribution in [-0.4, -0.2) is 49.8 Å². The molecule has 0 aromatic carbocycles. The van der Waals surface area contributed by atoms with Crippen molar-refractivity contribution in [1.29, 1.82) is 0 Å². The van der Waals surface area contributed by atoms with Gasteiger partial charge in [-0.05, 0) is 56.8 Å². The predicted molar refractivity (Wildman–Crippen MR) is 82.9 cm³/mol. The third kappa shape index (κ3) is 3.05. The van der Waals surface area contributed by atoms with Gasteiger partial charge in [0.2, 0.25) is 0 Å². The molecule has 0 spiro atoms. The molecule has 0 aromatic heterocycles. The summed E-state index contributed by atoms with van der Waals surface area (Å²) in [5.41, 5.74) is 0.967. The molecule has 0 aromatic rings. The monoisotopic (exact) mass is 280 g/mol. The molecule has 2 unspecified atom stereocenters. The maximum absolute atomic E-state index is 5.32. The first-order chi connectivity index (χ1) is 9.61. The van der Waals surface area contributed by atoms with Crippen molar-refractivity contribution >= 4 is 0 Å². The third-order valence-electron chi connectivity index (χ3n) is 6.07. The zero-order valence-corrected chi connectivity index (χ0v) is 13.6. The first-order valence-corrected chi connectivity index (χ1v) is 8.59. The summed E-state index contributed by atoms with van der Waals surface area (Å²) in [5, 5.41) is 3.87. The van der Waals surface area contributed by atoms with Gasteiger partial charge in [0.25, 0.3) is 0 Å². The Hall–Kier alpha value is -0.120. The second kappa shape index (κ2) is 5.58. The summed E-state index contributed by atoms with van der Waals surface area (Å²) in [6.07, 6.45) is 8.22. The minimum absolute atomic E-state index is 0.378. The Labute approximate surface area is 124 Å². The quantitative estimate of drug-likeness (QED) is 0.776. The van der Waals surface area contributed by atoms with Crippen molar-refractivity contribution in [3.05, 3.63) is 0 Å². The first kappa shape index (κ1) is 14.8. The van der Waals surface area contributed by atoms with Crippen LogP contribution in [0.2, 0.25) is 0 Å². The maximum atomic E-state index is 5.32. The normalized spacial score (nSPS) is 37.0. The predicted octanol–water partition coefficient (Wildman–Crippen LogP) is 2.66. The molecule has 1 heterocycles. The molecule has 2 atom stereocenters. The van der Waals surface area contributed by atoms with Gasteiger partial charge in [0, 0.05) is 44.9 Å². The van der Waals surface area contributed by atoms with Gasteiger partial charge >= 0.3 is 0 Å². The SMILES string of the molecule is CCC1CNC(C)(C2CC2)CN1CC1(CCOC)CC1. The largest absolute Gasteiger partial charge is 0.385 e. The van der Waals surface area contributed by atoms with Crippen LogP contribution in [0.1, 0.15) is 52.4 Å². The Morgan fingerprint density at radius 1 is 1.30 bits per heavy atom. The maximum Gasteiger partial charge on any atom is 0.0468 e. The second-order valence-corrected chi connectivity index (χ2v) is 7.78. The van der Waals surface area contributed by atoms with Gasteiger partial charge < -0.3 is 10.1 Å². The van der Waals surface area contributed by atoms with E-state index in [9.17, 15) is 0 Å². The molecular weight excluding hydrogens is 248 g/mol. The van der Waals surface area contributed by atoms with Crippen LogP contribution in [0.3, 0.4) is 0 Å². The number of methoxy groups -OCH3 is 1. The second-order valence-electron chi connectivity index (χ2n) is 7.78. The molecule has 3 nitrogen and oxygen atoms in total. The zero-order valence-electron chi connectivity index (χ0n) is 13.6. The summed E-state index contributed by atoms with van der Waals surface area (Å²) in [7, 11) is 1.83. The molecule has 2 aliphatic carbocycles. The molecule has 0 bridgehead atoms. The van der Waals surface area contributed by atoms with E-state index in [0.29, 0.717) is 11.0 Å². The van der Waals surface area contributed by atoms with Crippen molar-refractivity contribution in [1.82, 2.24) is 10.2 Å². The van der Waals surface area contributed by atoms with Gasteiger partial charge in [0.15, 0.2) is 0 Å². The fraction of sp³-hybridized carbons (Fsp3) is 1.00. The summed E-state index contributed by atoms with van der Waals surface area (Å²) in [6, 6.07) is 0.738. The number of rotatable bonds is 7. The van der Waals surface area contributed by atoms with Crippen LogP contribution in [-0.2, 0) is 4.74 Å². The van der Waals surface area contributed by atoms with Gasteiger partial charge in [0.05, 0.1) is 0 Å². The molecule has 116 valence electrons. The van der Waals surface area contributed by atoms with Crippen LogP contribution in [0.4, 0.5) is 0 Å². The van der Waals surface area contributed by atoms with Crippen molar-refractivity contribution < 1.29 is 4.74 Å². The zero-order chi connectivity index (χ0) is 14.2. The van der Waals surface area contributed by atoms with Crippen LogP contribution < -0.4 is 5.32 Å². The Kier molecular flexibility index (Phi) is 4.13. The lowest BCUT2D eigenvalue weighted by Crippen LogP contribution is -2.64. The van der Waals surface area contributed by atoms with Crippen LogP contribution >= 0.6 is 0 Å². The number of nitrogens with one attached hydrogen (secondary N) is 1. The summed E-state index contributed by atoms with van der Waals surface area (Å²) < 4.78 is 5.32. The van der Waals surface area contributed by atoms with Gasteiger partial charge in [-0.3, -0.25) is 4.90 Å². The smallest absolute Gasteiger partial charge is 0.0468 e.